The summed E-state index contributed by atoms with van der Waals surface area (Å²) < 4.78 is 13.9. The number of fused-ring (bicyclic) bond motifs is 2. The van der Waals surface area contributed by atoms with Crippen LogP contribution in [-0.2, 0) is 30.1 Å². The lowest BCUT2D eigenvalue weighted by molar-refractivity contribution is -0.152. The van der Waals surface area contributed by atoms with Crippen LogP contribution >= 0.6 is 0 Å². The number of hydrogen-bond acceptors (Lipinski definition) is 9. The van der Waals surface area contributed by atoms with E-state index in [1.54, 1.807) is 0 Å². The third-order valence-electron chi connectivity index (χ3n) is 10.3. The lowest BCUT2D eigenvalue weighted by Gasteiger charge is -2.50. The van der Waals surface area contributed by atoms with Gasteiger partial charge in [0, 0.05) is 24.9 Å². The fourth-order valence-corrected chi connectivity index (χ4v) is 7.96. The van der Waals surface area contributed by atoms with E-state index in [4.69, 9.17) is 19.6 Å². The van der Waals surface area contributed by atoms with Crippen molar-refractivity contribution >= 4 is 23.2 Å². The van der Waals surface area contributed by atoms with E-state index in [0.717, 1.165) is 36.4 Å². The molecule has 3 unspecified atom stereocenters. The van der Waals surface area contributed by atoms with Gasteiger partial charge < -0.3 is 24.8 Å². The van der Waals surface area contributed by atoms with Gasteiger partial charge in [0.25, 0.3) is 0 Å². The number of nitrogens with one attached hydrogen (secondary N) is 2. The van der Waals surface area contributed by atoms with Gasteiger partial charge >= 0.3 is 5.97 Å². The second kappa shape index (κ2) is 9.82. The molecule has 13 heteroatoms. The summed E-state index contributed by atoms with van der Waals surface area (Å²) in [7, 11) is 0. The van der Waals surface area contributed by atoms with E-state index >= 15 is 0 Å². The molecule has 234 valence electrons. The molecule has 2 bridgehead atoms. The molecule has 45 heavy (non-hydrogen) atoms. The number of carbonyl (C=O) groups is 2. The van der Waals surface area contributed by atoms with E-state index in [1.165, 1.54) is 5.56 Å². The molecular formula is C32H36N8O5. The van der Waals surface area contributed by atoms with E-state index in [9.17, 15) is 14.7 Å². The Labute approximate surface area is 259 Å². The van der Waals surface area contributed by atoms with Crippen molar-refractivity contribution in [1.29, 1.82) is 0 Å². The second-order valence-electron chi connectivity index (χ2n) is 13.4. The maximum atomic E-state index is 13.3. The zero-order valence-corrected chi connectivity index (χ0v) is 25.5. The molecule has 6 atom stereocenters. The minimum atomic E-state index is -1.06. The molecule has 5 fully saturated rings. The molecule has 3 aromatic heterocycles. The molecule has 3 N–H and O–H groups in total. The summed E-state index contributed by atoms with van der Waals surface area (Å²) in [6.07, 6.45) is 2.34. The summed E-state index contributed by atoms with van der Waals surface area (Å²) in [5.74, 6) is -0.176. The number of anilines is 1. The number of ether oxygens (including phenoxy) is 2. The van der Waals surface area contributed by atoms with Crippen molar-refractivity contribution in [3.05, 3.63) is 71.2 Å². The van der Waals surface area contributed by atoms with Gasteiger partial charge in [-0.3, -0.25) is 9.89 Å². The molecule has 4 aliphatic heterocycles. The number of aryl methyl sites for hydroxylation is 2. The number of rotatable bonds is 7. The van der Waals surface area contributed by atoms with Crippen LogP contribution in [0.25, 0.3) is 5.65 Å². The largest absolute Gasteiger partial charge is 0.479 e. The van der Waals surface area contributed by atoms with Gasteiger partial charge in [0.1, 0.15) is 17.5 Å². The Morgan fingerprint density at radius 3 is 2.67 bits per heavy atom. The Morgan fingerprint density at radius 2 is 1.93 bits per heavy atom. The van der Waals surface area contributed by atoms with E-state index in [0.29, 0.717) is 36.7 Å². The van der Waals surface area contributed by atoms with Gasteiger partial charge in [0.05, 0.1) is 29.9 Å². The van der Waals surface area contributed by atoms with Gasteiger partial charge in [-0.1, -0.05) is 37.3 Å². The number of amides is 1. The number of hydrogen-bond donors (Lipinski definition) is 3. The van der Waals surface area contributed by atoms with Crippen LogP contribution in [-0.4, -0.2) is 84.2 Å². The minimum Gasteiger partial charge on any atom is -0.479 e. The molecular weight excluding hydrogens is 576 g/mol. The molecule has 5 aliphatic rings. The Bertz CT molecular complexity index is 1820. The van der Waals surface area contributed by atoms with E-state index in [1.807, 2.05) is 24.6 Å². The highest BCUT2D eigenvalue weighted by Gasteiger charge is 2.75. The summed E-state index contributed by atoms with van der Waals surface area (Å²) in [5, 5.41) is 24.8. The Morgan fingerprint density at radius 1 is 1.13 bits per heavy atom. The Balaban J connectivity index is 1.09. The predicted molar refractivity (Wildman–Crippen MR) is 161 cm³/mol. The highest BCUT2D eigenvalue weighted by Crippen LogP contribution is 2.65. The fraction of sp³-hybridized carbons (Fsp3) is 0.500. The van der Waals surface area contributed by atoms with Crippen molar-refractivity contribution in [2.75, 3.05) is 24.6 Å². The topological polar surface area (TPSA) is 160 Å². The number of carboxylic acids is 1. The number of pyridine rings is 1. The lowest BCUT2D eigenvalue weighted by atomic mass is 9.58. The van der Waals surface area contributed by atoms with Crippen LogP contribution in [0.1, 0.15) is 67.1 Å². The van der Waals surface area contributed by atoms with Crippen LogP contribution in [0, 0.1) is 13.8 Å². The maximum Gasteiger partial charge on any atom is 0.332 e. The number of aromatic amines is 1. The van der Waals surface area contributed by atoms with Crippen molar-refractivity contribution in [2.24, 2.45) is 0 Å². The third kappa shape index (κ3) is 4.27. The fourth-order valence-electron chi connectivity index (χ4n) is 7.96. The zero-order valence-electron chi connectivity index (χ0n) is 25.5. The van der Waals surface area contributed by atoms with Gasteiger partial charge in [-0.25, -0.2) is 19.3 Å². The highest BCUT2D eigenvalue weighted by molar-refractivity contribution is 5.84. The van der Waals surface area contributed by atoms with Crippen molar-refractivity contribution in [2.45, 2.75) is 81.1 Å². The Kier molecular flexibility index (Phi) is 6.14. The SMILES string of the molecule is Cc1nc(C2C3(NC(=O)[C@@H]4CC[C@H](C(=O)O)O4)COC2(c2nc4c(C)cc(N5CC[C@](C)(c6ccccc6)C5)cn4n2)C3)n[nH]1. The predicted octanol–water partition coefficient (Wildman–Crippen LogP) is 2.53. The van der Waals surface area contributed by atoms with E-state index < -0.39 is 35.2 Å². The van der Waals surface area contributed by atoms with Crippen LogP contribution in [0.2, 0.25) is 0 Å². The smallest absolute Gasteiger partial charge is 0.332 e. The lowest BCUT2D eigenvalue weighted by Crippen LogP contribution is -2.66. The number of carbonyl (C=O) groups excluding carboxylic acids is 1. The first-order chi connectivity index (χ1) is 21.6. The van der Waals surface area contributed by atoms with E-state index in [-0.39, 0.29) is 17.9 Å². The maximum absolute atomic E-state index is 13.3. The average molecular weight is 613 g/mol. The third-order valence-corrected chi connectivity index (χ3v) is 10.3. The molecule has 1 aromatic carbocycles. The molecule has 1 amide bonds. The summed E-state index contributed by atoms with van der Waals surface area (Å²) in [6, 6.07) is 12.9. The quantitative estimate of drug-likeness (QED) is 0.283. The van der Waals surface area contributed by atoms with Crippen LogP contribution in [0.3, 0.4) is 0 Å². The first-order valence-corrected chi connectivity index (χ1v) is 15.5. The minimum absolute atomic E-state index is 0.0635. The first-order valence-electron chi connectivity index (χ1n) is 15.5. The number of nitrogens with zero attached hydrogens (tertiary/aromatic N) is 6. The number of aromatic nitrogens is 6. The zero-order chi connectivity index (χ0) is 31.1. The summed E-state index contributed by atoms with van der Waals surface area (Å²) in [5.41, 5.74) is 2.52. The average Bonchev–Trinajstić information content (AvgIpc) is 3.85. The standard InChI is InChI=1S/C32H36N8O5/c1-18-13-21(39-12-11-30(3,16-39)20-7-5-4-6-8-20)14-40-26(18)34-29(38-40)32-15-31(17-44-32,24(32)25-33-19(2)36-37-25)35-27(41)22-9-10-23(45-22)28(42)43/h4-8,13-14,22-24H,9-12,15-17H2,1-3H3,(H,35,41)(H,42,43)(H,33,36,37)/t22-,23+,24?,30-,31?,32?/m0/s1. The van der Waals surface area contributed by atoms with Crippen LogP contribution in [0.4, 0.5) is 5.69 Å². The molecule has 1 saturated carbocycles. The molecule has 0 spiro atoms. The molecule has 13 nitrogen and oxygen atoms in total. The normalized spacial score (nSPS) is 32.2. The van der Waals surface area contributed by atoms with E-state index in [2.05, 4.69) is 68.7 Å². The van der Waals surface area contributed by atoms with Gasteiger partial charge in [-0.2, -0.15) is 5.10 Å². The summed E-state index contributed by atoms with van der Waals surface area (Å²) >= 11 is 0. The summed E-state index contributed by atoms with van der Waals surface area (Å²) in [6.45, 7) is 8.26. The number of H-pyrrole nitrogens is 1. The van der Waals surface area contributed by atoms with Gasteiger partial charge in [0.2, 0.25) is 5.91 Å². The molecule has 1 aliphatic carbocycles. The van der Waals surface area contributed by atoms with Crippen molar-refractivity contribution < 1.29 is 24.2 Å². The highest BCUT2D eigenvalue weighted by atomic mass is 16.5. The summed E-state index contributed by atoms with van der Waals surface area (Å²) in [4.78, 5) is 36.8. The van der Waals surface area contributed by atoms with Crippen molar-refractivity contribution in [3.8, 4) is 0 Å². The monoisotopic (exact) mass is 612 g/mol. The molecule has 4 aromatic rings. The van der Waals surface area contributed by atoms with Gasteiger partial charge in [0.15, 0.2) is 23.4 Å². The van der Waals surface area contributed by atoms with Gasteiger partial charge in [-0.05, 0) is 50.3 Å². The Hall–Kier alpha value is -4.36. The number of carboxylic acid groups (broad SMARTS) is 1. The molecule has 7 heterocycles. The first kappa shape index (κ1) is 28.1. The van der Waals surface area contributed by atoms with Crippen molar-refractivity contribution in [1.82, 2.24) is 35.1 Å². The molecule has 9 rings (SSSR count). The van der Waals surface area contributed by atoms with Crippen LogP contribution in [0.5, 0.6) is 0 Å². The second-order valence-corrected chi connectivity index (χ2v) is 13.4. The number of aliphatic carboxylic acids is 1. The van der Waals surface area contributed by atoms with Crippen molar-refractivity contribution in [3.63, 3.8) is 0 Å². The van der Waals surface area contributed by atoms with Gasteiger partial charge in [-0.15, -0.1) is 5.10 Å². The molecule has 0 radical (unpaired) electrons. The van der Waals surface area contributed by atoms with Crippen LogP contribution < -0.4 is 10.2 Å². The molecule has 4 saturated heterocycles. The number of benzene rings is 1. The van der Waals surface area contributed by atoms with Crippen LogP contribution in [0.15, 0.2) is 42.6 Å².